The predicted octanol–water partition coefficient (Wildman–Crippen LogP) is 27.0. The summed E-state index contributed by atoms with van der Waals surface area (Å²) in [6.07, 6.45) is 0. The fraction of sp³-hybridized carbons (Fsp3) is 0.0185. The molecule has 0 bridgehead atoms. The van der Waals surface area contributed by atoms with Gasteiger partial charge in [-0.15, -0.1) is 0 Å². The van der Waals surface area contributed by atoms with Crippen molar-refractivity contribution in [3.63, 3.8) is 0 Å². The van der Waals surface area contributed by atoms with Gasteiger partial charge in [0.1, 0.15) is 0 Å². The van der Waals surface area contributed by atoms with Gasteiger partial charge >= 0.3 is 0 Å². The Morgan fingerprint density at radius 1 is 0.170 bits per heavy atom. The average Bonchev–Trinajstić information content (AvgIpc) is 1.50. The third kappa shape index (κ3) is 9.36. The highest BCUT2D eigenvalue weighted by Gasteiger charge is 2.53. The van der Waals surface area contributed by atoms with Gasteiger partial charge in [0.25, 0.3) is 0 Å². The first-order valence-corrected chi connectivity index (χ1v) is 38.8. The maximum absolute atomic E-state index is 5.15. The molecule has 0 N–H and O–H groups in total. The Bertz CT molecular complexity index is 7120. The zero-order valence-electron chi connectivity index (χ0n) is 61.0. The fourth-order valence-electron chi connectivity index (χ4n) is 19.6. The van der Waals surface area contributed by atoms with Crippen LogP contribution in [0.4, 0.5) is 0 Å². The number of fused-ring (bicyclic) bond motifs is 24. The lowest BCUT2D eigenvalue weighted by Gasteiger charge is -2.39. The Balaban J connectivity index is 0.000000134. The van der Waals surface area contributed by atoms with Gasteiger partial charge < -0.3 is 9.13 Å². The molecule has 24 rings (SSSR count). The molecule has 0 radical (unpaired) electrons. The first kappa shape index (κ1) is 63.5. The van der Waals surface area contributed by atoms with Crippen LogP contribution in [0.25, 0.3) is 167 Å². The molecule has 16 aromatic carbocycles. The number of pyridine rings is 2. The Labute approximate surface area is 649 Å². The SMILES string of the molecule is c1ccc(-c2cc(-c3ccc(-c4ccc5c(c4)C4(c6ccccc6-5)c5ccccc5-n5c6ccccc6c6cccc4c65)cc3)cc(-c3ccccc3)n2)cc1.c1ccc(-c2cc(-c3cccc(-c4ccc5c(c4)C4(c6ccccc6-5)c5ccccc5-n5c6ccccc6c6cccc4c65)c3)cc(-c3ccccc3)n2)cc1. The van der Waals surface area contributed by atoms with E-state index in [4.69, 9.17) is 9.97 Å². The van der Waals surface area contributed by atoms with Crippen LogP contribution in [0, 0.1) is 0 Å². The largest absolute Gasteiger partial charge is 0.309 e. The Morgan fingerprint density at radius 2 is 0.455 bits per heavy atom. The Hall–Kier alpha value is -14.6. The first-order chi connectivity index (χ1) is 55.5. The van der Waals surface area contributed by atoms with Crippen molar-refractivity contribution in [2.24, 2.45) is 0 Å². The molecule has 2 aliphatic carbocycles. The molecule has 0 fully saturated rings. The quantitative estimate of drug-likeness (QED) is 0.152. The molecule has 20 aromatic rings. The van der Waals surface area contributed by atoms with Crippen molar-refractivity contribution in [2.75, 3.05) is 0 Å². The van der Waals surface area contributed by atoms with Gasteiger partial charge in [0, 0.05) is 43.8 Å². The number of benzene rings is 16. The van der Waals surface area contributed by atoms with Crippen molar-refractivity contribution < 1.29 is 0 Å². The second kappa shape index (κ2) is 25.0. The molecule has 0 saturated carbocycles. The van der Waals surface area contributed by atoms with E-state index in [9.17, 15) is 0 Å². The lowest BCUT2D eigenvalue weighted by Crippen LogP contribution is -2.33. The maximum Gasteiger partial charge on any atom is 0.0754 e. The predicted molar refractivity (Wildman–Crippen MR) is 462 cm³/mol. The van der Waals surface area contributed by atoms with E-state index in [1.165, 1.54) is 144 Å². The monoisotopic (exact) mass is 1420 g/mol. The van der Waals surface area contributed by atoms with E-state index in [-0.39, 0.29) is 0 Å². The highest BCUT2D eigenvalue weighted by molar-refractivity contribution is 6.15. The third-order valence-electron chi connectivity index (χ3n) is 24.4. The summed E-state index contributed by atoms with van der Waals surface area (Å²) in [5, 5.41) is 5.17. The van der Waals surface area contributed by atoms with Gasteiger partial charge in [-0.05, 0) is 178 Å². The molecule has 0 saturated heterocycles. The van der Waals surface area contributed by atoms with Crippen LogP contribution in [0.1, 0.15) is 44.5 Å². The second-order valence-electron chi connectivity index (χ2n) is 30.1. The van der Waals surface area contributed by atoms with Crippen LogP contribution in [0.3, 0.4) is 0 Å². The van der Waals surface area contributed by atoms with Crippen molar-refractivity contribution in [1.29, 1.82) is 0 Å². The molecular formula is C108H68N4. The molecule has 4 aliphatic rings. The summed E-state index contributed by atoms with van der Waals surface area (Å²) in [7, 11) is 0. The minimum absolute atomic E-state index is 0.471. The second-order valence-corrected chi connectivity index (χ2v) is 30.1. The number of hydrogen-bond acceptors (Lipinski definition) is 2. The number of nitrogens with zero attached hydrogens (tertiary/aromatic N) is 4. The van der Waals surface area contributed by atoms with Gasteiger partial charge in [-0.25, -0.2) is 9.97 Å². The van der Waals surface area contributed by atoms with Crippen molar-refractivity contribution >= 4 is 43.6 Å². The van der Waals surface area contributed by atoms with Crippen LogP contribution in [-0.2, 0) is 10.8 Å². The number of rotatable bonds is 8. The highest BCUT2D eigenvalue weighted by atomic mass is 15.0. The van der Waals surface area contributed by atoms with E-state index in [0.29, 0.717) is 0 Å². The molecule has 2 unspecified atom stereocenters. The number of hydrogen-bond donors (Lipinski definition) is 0. The molecule has 4 heteroatoms. The van der Waals surface area contributed by atoms with Gasteiger partial charge in [0.2, 0.25) is 0 Å². The Kier molecular flexibility index (Phi) is 14.2. The van der Waals surface area contributed by atoms with Crippen molar-refractivity contribution in [3.05, 3.63) is 457 Å². The van der Waals surface area contributed by atoms with Crippen LogP contribution in [0.5, 0.6) is 0 Å². The number of aromatic nitrogens is 4. The van der Waals surface area contributed by atoms with E-state index in [1.807, 2.05) is 0 Å². The van der Waals surface area contributed by atoms with E-state index < -0.39 is 10.8 Å². The minimum atomic E-state index is -0.486. The molecule has 112 heavy (non-hydrogen) atoms. The lowest BCUT2D eigenvalue weighted by atomic mass is 9.65. The third-order valence-corrected chi connectivity index (χ3v) is 24.4. The fourth-order valence-corrected chi connectivity index (χ4v) is 19.6. The highest BCUT2D eigenvalue weighted by Crippen LogP contribution is 2.64. The minimum Gasteiger partial charge on any atom is -0.309 e. The number of para-hydroxylation sites is 6. The van der Waals surface area contributed by atoms with E-state index in [0.717, 1.165) is 67.3 Å². The molecule has 0 amide bonds. The van der Waals surface area contributed by atoms with E-state index >= 15 is 0 Å². The smallest absolute Gasteiger partial charge is 0.0754 e. The zero-order valence-corrected chi connectivity index (χ0v) is 61.0. The molecular weight excluding hydrogens is 1350 g/mol. The summed E-state index contributed by atoms with van der Waals surface area (Å²) < 4.78 is 5.02. The molecule has 4 aromatic heterocycles. The van der Waals surface area contributed by atoms with Gasteiger partial charge in [0.15, 0.2) is 0 Å². The van der Waals surface area contributed by atoms with E-state index in [1.54, 1.807) is 0 Å². The summed E-state index contributed by atoms with van der Waals surface area (Å²) in [6, 6.07) is 151. The van der Waals surface area contributed by atoms with Gasteiger partial charge in [0.05, 0.1) is 67.0 Å². The van der Waals surface area contributed by atoms with Crippen LogP contribution in [0.15, 0.2) is 413 Å². The van der Waals surface area contributed by atoms with Crippen molar-refractivity contribution in [1.82, 2.24) is 19.1 Å². The Morgan fingerprint density at radius 3 is 0.893 bits per heavy atom. The summed E-state index contributed by atoms with van der Waals surface area (Å²) >= 11 is 0. The topological polar surface area (TPSA) is 35.6 Å². The van der Waals surface area contributed by atoms with Crippen LogP contribution >= 0.6 is 0 Å². The molecule has 2 atom stereocenters. The standard InChI is InChI=1S/2C54H34N2/c1-3-15-35(16-4-1)49-33-40(34-50(55-49)36-17-5-2-6-18-36)38-20-13-19-37(31-38)39-29-30-42-41-21-7-9-24-45(41)54(48(42)32-39)46-25-10-12-28-52(46)56-51-27-11-8-22-43(51)44-23-14-26-47(54)53(44)56;1-3-14-37(15-4-1)49-33-40(34-50(55-49)38-16-5-2-6-17-38)36-28-26-35(27-29-36)39-30-31-42-41-18-7-9-21-45(41)54(48(42)32-39)46-22-10-12-25-52(46)56-51-24-11-8-19-43(51)44-20-13-23-47(54)53(44)56/h2*1-34H. The van der Waals surface area contributed by atoms with Gasteiger partial charge in [-0.2, -0.15) is 0 Å². The molecule has 520 valence electrons. The zero-order chi connectivity index (χ0) is 73.6. The summed E-state index contributed by atoms with van der Waals surface area (Å²) in [5.41, 5.74) is 40.2. The molecule has 4 nitrogen and oxygen atoms in total. The summed E-state index contributed by atoms with van der Waals surface area (Å²) in [5.74, 6) is 0. The molecule has 6 heterocycles. The molecule has 2 spiro atoms. The van der Waals surface area contributed by atoms with Crippen LogP contribution in [0.2, 0.25) is 0 Å². The van der Waals surface area contributed by atoms with Gasteiger partial charge in [-0.1, -0.05) is 346 Å². The van der Waals surface area contributed by atoms with Crippen molar-refractivity contribution in [2.45, 2.75) is 10.8 Å². The summed E-state index contributed by atoms with van der Waals surface area (Å²) in [4.78, 5) is 10.3. The van der Waals surface area contributed by atoms with Gasteiger partial charge in [-0.3, -0.25) is 0 Å². The van der Waals surface area contributed by atoms with Crippen molar-refractivity contribution in [3.8, 4) is 123 Å². The average molecular weight is 1420 g/mol. The summed E-state index contributed by atoms with van der Waals surface area (Å²) in [6.45, 7) is 0. The maximum atomic E-state index is 5.15. The first-order valence-electron chi connectivity index (χ1n) is 38.8. The van der Waals surface area contributed by atoms with Crippen LogP contribution < -0.4 is 0 Å². The normalized spacial score (nSPS) is 14.9. The molecule has 2 aliphatic heterocycles. The van der Waals surface area contributed by atoms with E-state index in [2.05, 4.69) is 422 Å². The van der Waals surface area contributed by atoms with Crippen LogP contribution in [-0.4, -0.2) is 19.1 Å². The lowest BCUT2D eigenvalue weighted by molar-refractivity contribution is 0.749.